The minimum atomic E-state index is 0. The second-order valence-corrected chi connectivity index (χ2v) is 0. The van der Waals surface area contributed by atoms with Crippen molar-refractivity contribution in [3.05, 3.63) is 0 Å². The number of rotatable bonds is 0. The standard InChI is InChI=1S/3Ca.3Mg. The third-order valence-electron chi connectivity index (χ3n) is 0. The molecule has 0 fully saturated rings. The summed E-state index contributed by atoms with van der Waals surface area (Å²) in [5.74, 6) is 0. The van der Waals surface area contributed by atoms with Crippen LogP contribution in [0.4, 0.5) is 0 Å². The van der Waals surface area contributed by atoms with Crippen LogP contribution in [-0.2, 0) is 0 Å². The Morgan fingerprint density at radius 3 is 0.333 bits per heavy atom. The quantitative estimate of drug-likeness (QED) is 0.380. The van der Waals surface area contributed by atoms with Crippen LogP contribution in [0.15, 0.2) is 0 Å². The van der Waals surface area contributed by atoms with Gasteiger partial charge in [-0.3, -0.25) is 0 Å². The molecule has 0 bridgehead atoms. The summed E-state index contributed by atoms with van der Waals surface area (Å²) in [5.41, 5.74) is 0. The van der Waals surface area contributed by atoms with Crippen molar-refractivity contribution >= 4 is 182 Å². The van der Waals surface area contributed by atoms with Crippen LogP contribution in [0, 0.1) is 0 Å². The van der Waals surface area contributed by atoms with Gasteiger partial charge in [0.05, 0.1) is 0 Å². The van der Waals surface area contributed by atoms with Crippen molar-refractivity contribution < 1.29 is 0 Å². The maximum Gasteiger partial charge on any atom is 0 e. The molecule has 0 aliphatic heterocycles. The predicted molar refractivity (Wildman–Crippen MR) is 34.5 cm³/mol. The first-order chi connectivity index (χ1) is 0. The van der Waals surface area contributed by atoms with E-state index in [1.165, 1.54) is 0 Å². The van der Waals surface area contributed by atoms with Crippen LogP contribution in [0.25, 0.3) is 0 Å². The van der Waals surface area contributed by atoms with Crippen molar-refractivity contribution in [2.75, 3.05) is 0 Å². The van der Waals surface area contributed by atoms with Gasteiger partial charge in [-0.05, 0) is 0 Å². The van der Waals surface area contributed by atoms with E-state index in [4.69, 9.17) is 0 Å². The molecule has 6 heavy (non-hydrogen) atoms. The van der Waals surface area contributed by atoms with Crippen LogP contribution in [-0.4, -0.2) is 182 Å². The van der Waals surface area contributed by atoms with Gasteiger partial charge in [0.15, 0.2) is 0 Å². The van der Waals surface area contributed by atoms with Gasteiger partial charge in [0, 0.05) is 182 Å². The third kappa shape index (κ3) is 22.5. The molecule has 0 N–H and O–H groups in total. The summed E-state index contributed by atoms with van der Waals surface area (Å²) in [4.78, 5) is 0. The van der Waals surface area contributed by atoms with Crippen LogP contribution in [0.1, 0.15) is 0 Å². The van der Waals surface area contributed by atoms with Crippen LogP contribution in [0.2, 0.25) is 0 Å². The van der Waals surface area contributed by atoms with E-state index in [9.17, 15) is 0 Å². The normalized spacial score (nSPS) is 0. The SMILES string of the molecule is [Ca].[Ca].[Ca].[Mg].[Mg].[Mg]. The molecular formula is Ca3Mg3. The third-order valence-corrected chi connectivity index (χ3v) is 0. The van der Waals surface area contributed by atoms with Gasteiger partial charge in [0.2, 0.25) is 0 Å². The predicted octanol–water partition coefficient (Wildman–Crippen LogP) is -2.28. The number of hydrogen-bond acceptors (Lipinski definition) is 0. The molecule has 0 spiro atoms. The molecule has 0 nitrogen and oxygen atoms in total. The van der Waals surface area contributed by atoms with E-state index in [1.54, 1.807) is 0 Å². The number of hydrogen-bond donors (Lipinski definition) is 0. The van der Waals surface area contributed by atoms with Crippen molar-refractivity contribution in [1.82, 2.24) is 0 Å². The maximum absolute atomic E-state index is 0. The first kappa shape index (κ1) is 40.1. The zero-order valence-corrected chi connectivity index (χ0v) is 15.1. The second kappa shape index (κ2) is 30.5. The minimum Gasteiger partial charge on any atom is 0 e. The Morgan fingerprint density at radius 2 is 0.333 bits per heavy atom. The molecule has 0 saturated carbocycles. The largest absolute Gasteiger partial charge is 0 e. The molecule has 6 heteroatoms. The van der Waals surface area contributed by atoms with Crippen LogP contribution in [0.3, 0.4) is 0 Å². The Hall–Kier alpha value is 6.08. The monoisotopic (exact) mass is 192 g/mol. The van der Waals surface area contributed by atoms with Crippen molar-refractivity contribution in [2.45, 2.75) is 0 Å². The van der Waals surface area contributed by atoms with Gasteiger partial charge >= 0.3 is 0 Å². The van der Waals surface area contributed by atoms with Gasteiger partial charge < -0.3 is 0 Å². The molecular weight excluding hydrogens is 193 g/mol. The van der Waals surface area contributed by atoms with Crippen LogP contribution >= 0.6 is 0 Å². The minimum absolute atomic E-state index is 0. The summed E-state index contributed by atoms with van der Waals surface area (Å²) in [6, 6.07) is 0. The van der Waals surface area contributed by atoms with E-state index >= 15 is 0 Å². The molecule has 0 atom stereocenters. The van der Waals surface area contributed by atoms with Crippen molar-refractivity contribution in [3.8, 4) is 0 Å². The summed E-state index contributed by atoms with van der Waals surface area (Å²) in [6.07, 6.45) is 0. The van der Waals surface area contributed by atoms with Crippen LogP contribution in [0.5, 0.6) is 0 Å². The average molecular weight is 193 g/mol. The molecule has 0 heterocycles. The fourth-order valence-electron chi connectivity index (χ4n) is 0. The van der Waals surface area contributed by atoms with E-state index < -0.39 is 0 Å². The second-order valence-electron chi connectivity index (χ2n) is 0. The van der Waals surface area contributed by atoms with Crippen molar-refractivity contribution in [3.63, 3.8) is 0 Å². The zero-order valence-electron chi connectivity index (χ0n) is 4.24. The van der Waals surface area contributed by atoms with Gasteiger partial charge in [-0.2, -0.15) is 0 Å². The summed E-state index contributed by atoms with van der Waals surface area (Å²) in [7, 11) is 0. The first-order valence-electron chi connectivity index (χ1n) is 0. The molecule has 0 unspecified atom stereocenters. The van der Waals surface area contributed by atoms with E-state index in [0.29, 0.717) is 0 Å². The Labute approximate surface area is 177 Å². The Balaban J connectivity index is 0. The summed E-state index contributed by atoms with van der Waals surface area (Å²) < 4.78 is 0. The molecule has 12 valence electrons. The maximum atomic E-state index is 0. The van der Waals surface area contributed by atoms with E-state index in [2.05, 4.69) is 0 Å². The Kier molecular flexibility index (Phi) is 204. The van der Waals surface area contributed by atoms with Gasteiger partial charge in [-0.25, -0.2) is 0 Å². The van der Waals surface area contributed by atoms with Gasteiger partial charge in [-0.1, -0.05) is 0 Å². The van der Waals surface area contributed by atoms with Crippen molar-refractivity contribution in [1.29, 1.82) is 0 Å². The molecule has 12 radical (unpaired) electrons. The zero-order chi connectivity index (χ0) is 0. The fourth-order valence-corrected chi connectivity index (χ4v) is 0. The van der Waals surface area contributed by atoms with Crippen LogP contribution < -0.4 is 0 Å². The molecule has 0 aliphatic rings. The van der Waals surface area contributed by atoms with E-state index in [-0.39, 0.29) is 182 Å². The van der Waals surface area contributed by atoms with Gasteiger partial charge in [0.1, 0.15) is 0 Å². The summed E-state index contributed by atoms with van der Waals surface area (Å²) in [6.45, 7) is 0. The Morgan fingerprint density at radius 1 is 0.333 bits per heavy atom. The Bertz CT molecular complexity index is 6.00. The first-order valence-corrected chi connectivity index (χ1v) is 0. The van der Waals surface area contributed by atoms with E-state index in [0.717, 1.165) is 0 Å². The average Bonchev–Trinajstić information content (AvgIpc) is 0. The van der Waals surface area contributed by atoms with Gasteiger partial charge in [0.25, 0.3) is 0 Å². The molecule has 0 aromatic heterocycles. The molecule has 0 amide bonds. The summed E-state index contributed by atoms with van der Waals surface area (Å²) in [5, 5.41) is 0. The topological polar surface area (TPSA) is 0 Å². The molecule has 0 aliphatic carbocycles. The molecule has 0 saturated heterocycles. The molecule has 0 aromatic carbocycles. The van der Waals surface area contributed by atoms with Gasteiger partial charge in [-0.15, -0.1) is 0 Å². The summed E-state index contributed by atoms with van der Waals surface area (Å²) >= 11 is 0. The van der Waals surface area contributed by atoms with E-state index in [1.807, 2.05) is 0 Å². The molecule has 0 rings (SSSR count). The van der Waals surface area contributed by atoms with Crippen molar-refractivity contribution in [2.24, 2.45) is 0 Å². The smallest absolute Gasteiger partial charge is 0 e. The fraction of sp³-hybridized carbons (Fsp3) is 0. The molecule has 0 aromatic rings.